The Kier molecular flexibility index (Phi) is 49.5. The molecule has 0 amide bonds. The van der Waals surface area contributed by atoms with Gasteiger partial charge in [-0.25, -0.2) is 0 Å². The molecule has 0 aromatic heterocycles. The van der Waals surface area contributed by atoms with Gasteiger partial charge in [-0.05, 0) is 122 Å². The minimum absolute atomic E-state index is 0.121. The SMILES string of the molecule is CC/C=C\C/C=C\C/C=C\C/C=C\CCCCC(=O)OC[C@H](COC(=O)CCCCCCC/C=C\C/C=C\CCCCC)OC(=O)CCC/C=C\C/C=C\C/C=C\CCCCCCCC. The third-order valence-corrected chi connectivity index (χ3v) is 10.7. The lowest BCUT2D eigenvalue weighted by Gasteiger charge is -2.18. The van der Waals surface area contributed by atoms with Gasteiger partial charge in [-0.15, -0.1) is 0 Å². The maximum Gasteiger partial charge on any atom is 0.306 e. The molecular formula is C59H96O6. The molecule has 0 unspecified atom stereocenters. The molecule has 0 aromatic rings. The van der Waals surface area contributed by atoms with E-state index >= 15 is 0 Å². The standard InChI is InChI=1S/C59H96O6/c1-4-7-10-13-16-19-22-25-28-29-32-35-38-41-44-47-50-53-59(62)65-56(54-63-57(60)51-48-45-42-39-36-33-30-26-23-20-17-14-11-8-5-2)55-64-58(61)52-49-46-43-40-37-34-31-27-24-21-18-15-12-9-6-3/h8,11,17-18,20-21,25-28,30-32,35-36,39,41,44,56H,4-7,9-10,12-16,19,22-24,29,33-34,37-38,40,42-43,45-55H2,1-3H3/b11-8-,20-17-,21-18-,28-25-,30-26-,31-27-,35-32-,39-36-,44-41-/t56-/m1/s1. The fourth-order valence-electron chi connectivity index (χ4n) is 6.77. The van der Waals surface area contributed by atoms with Gasteiger partial charge in [-0.2, -0.15) is 0 Å². The highest BCUT2D eigenvalue weighted by atomic mass is 16.6. The zero-order valence-corrected chi connectivity index (χ0v) is 42.0. The fraction of sp³-hybridized carbons (Fsp3) is 0.644. The Balaban J connectivity index is 4.57. The zero-order valence-electron chi connectivity index (χ0n) is 42.0. The van der Waals surface area contributed by atoms with Gasteiger partial charge in [0.25, 0.3) is 0 Å². The second-order valence-electron chi connectivity index (χ2n) is 17.0. The quantitative estimate of drug-likeness (QED) is 0.0262. The van der Waals surface area contributed by atoms with Gasteiger partial charge in [0.2, 0.25) is 0 Å². The van der Waals surface area contributed by atoms with Gasteiger partial charge in [-0.3, -0.25) is 14.4 Å². The summed E-state index contributed by atoms with van der Waals surface area (Å²) >= 11 is 0. The predicted octanol–water partition coefficient (Wildman–Crippen LogP) is 17.5. The van der Waals surface area contributed by atoms with Crippen molar-refractivity contribution in [3.63, 3.8) is 0 Å². The Morgan fingerprint density at radius 1 is 0.323 bits per heavy atom. The summed E-state index contributed by atoms with van der Waals surface area (Å²) in [6, 6.07) is 0. The van der Waals surface area contributed by atoms with Crippen LogP contribution in [0.1, 0.15) is 226 Å². The van der Waals surface area contributed by atoms with E-state index in [0.717, 1.165) is 103 Å². The van der Waals surface area contributed by atoms with Crippen LogP contribution in [0.25, 0.3) is 0 Å². The molecule has 0 rings (SSSR count). The molecule has 1 atom stereocenters. The molecule has 368 valence electrons. The van der Waals surface area contributed by atoms with Crippen molar-refractivity contribution in [1.82, 2.24) is 0 Å². The topological polar surface area (TPSA) is 78.9 Å². The first kappa shape index (κ1) is 61.1. The molecule has 65 heavy (non-hydrogen) atoms. The minimum atomic E-state index is -0.829. The average Bonchev–Trinajstić information content (AvgIpc) is 3.30. The van der Waals surface area contributed by atoms with Crippen molar-refractivity contribution >= 4 is 17.9 Å². The second-order valence-corrected chi connectivity index (χ2v) is 17.0. The molecule has 0 saturated carbocycles. The van der Waals surface area contributed by atoms with E-state index in [4.69, 9.17) is 14.2 Å². The molecule has 0 aromatic carbocycles. The highest BCUT2D eigenvalue weighted by Gasteiger charge is 2.19. The Morgan fingerprint density at radius 3 is 1.05 bits per heavy atom. The molecule has 6 nitrogen and oxygen atoms in total. The molecule has 0 aliphatic rings. The summed E-state index contributed by atoms with van der Waals surface area (Å²) < 4.78 is 16.7. The van der Waals surface area contributed by atoms with Crippen LogP contribution in [-0.4, -0.2) is 37.2 Å². The van der Waals surface area contributed by atoms with Crippen LogP contribution in [0.3, 0.4) is 0 Å². The second kappa shape index (κ2) is 52.7. The lowest BCUT2D eigenvalue weighted by molar-refractivity contribution is -0.167. The molecule has 0 heterocycles. The summed E-state index contributed by atoms with van der Waals surface area (Å²) in [4.78, 5) is 38.0. The number of hydrogen-bond donors (Lipinski definition) is 0. The zero-order chi connectivity index (χ0) is 47.2. The number of rotatable bonds is 46. The first-order chi connectivity index (χ1) is 32.0. The van der Waals surface area contributed by atoms with Crippen LogP contribution in [0.5, 0.6) is 0 Å². The molecule has 0 aliphatic carbocycles. The van der Waals surface area contributed by atoms with E-state index in [9.17, 15) is 14.4 Å². The van der Waals surface area contributed by atoms with Crippen LogP contribution in [0.2, 0.25) is 0 Å². The van der Waals surface area contributed by atoms with Gasteiger partial charge in [0, 0.05) is 19.3 Å². The smallest absolute Gasteiger partial charge is 0.306 e. The lowest BCUT2D eigenvalue weighted by Crippen LogP contribution is -2.30. The first-order valence-electron chi connectivity index (χ1n) is 26.4. The normalized spacial score (nSPS) is 13.0. The van der Waals surface area contributed by atoms with Crippen LogP contribution >= 0.6 is 0 Å². The molecule has 0 N–H and O–H groups in total. The molecule has 0 radical (unpaired) electrons. The van der Waals surface area contributed by atoms with Crippen LogP contribution in [0.15, 0.2) is 109 Å². The highest BCUT2D eigenvalue weighted by molar-refractivity contribution is 5.71. The van der Waals surface area contributed by atoms with E-state index in [-0.39, 0.29) is 44.0 Å². The first-order valence-corrected chi connectivity index (χ1v) is 26.4. The molecule has 0 spiro atoms. The molecule has 0 saturated heterocycles. The van der Waals surface area contributed by atoms with Gasteiger partial charge in [0.05, 0.1) is 0 Å². The average molecular weight is 901 g/mol. The monoisotopic (exact) mass is 901 g/mol. The van der Waals surface area contributed by atoms with E-state index in [1.807, 2.05) is 0 Å². The summed E-state index contributed by atoms with van der Waals surface area (Å²) in [5, 5.41) is 0. The summed E-state index contributed by atoms with van der Waals surface area (Å²) in [5.41, 5.74) is 0. The Labute approximate surface area is 400 Å². The molecule has 0 bridgehead atoms. The van der Waals surface area contributed by atoms with E-state index in [1.165, 1.54) is 70.6 Å². The Hall–Kier alpha value is -3.93. The Morgan fingerprint density at radius 2 is 0.615 bits per heavy atom. The van der Waals surface area contributed by atoms with Crippen LogP contribution in [-0.2, 0) is 28.6 Å². The number of allylic oxidation sites excluding steroid dienone is 18. The van der Waals surface area contributed by atoms with Crippen LogP contribution < -0.4 is 0 Å². The van der Waals surface area contributed by atoms with Crippen molar-refractivity contribution in [2.75, 3.05) is 13.2 Å². The molecule has 0 aliphatic heterocycles. The van der Waals surface area contributed by atoms with Crippen molar-refractivity contribution in [3.05, 3.63) is 109 Å². The van der Waals surface area contributed by atoms with Crippen molar-refractivity contribution < 1.29 is 28.6 Å². The van der Waals surface area contributed by atoms with Gasteiger partial charge < -0.3 is 14.2 Å². The molecular weight excluding hydrogens is 805 g/mol. The summed E-state index contributed by atoms with van der Waals surface area (Å²) in [5.74, 6) is -1.03. The third-order valence-electron chi connectivity index (χ3n) is 10.7. The third kappa shape index (κ3) is 50.9. The van der Waals surface area contributed by atoms with Gasteiger partial charge in [0.1, 0.15) is 13.2 Å². The van der Waals surface area contributed by atoms with Gasteiger partial charge in [0.15, 0.2) is 6.10 Å². The number of carbonyl (C=O) groups excluding carboxylic acids is 3. The minimum Gasteiger partial charge on any atom is -0.462 e. The Bertz CT molecular complexity index is 1360. The lowest BCUT2D eigenvalue weighted by atomic mass is 10.1. The maximum absolute atomic E-state index is 12.8. The maximum atomic E-state index is 12.8. The van der Waals surface area contributed by atoms with Gasteiger partial charge in [-0.1, -0.05) is 194 Å². The van der Waals surface area contributed by atoms with Crippen molar-refractivity contribution in [2.45, 2.75) is 232 Å². The van der Waals surface area contributed by atoms with E-state index in [0.29, 0.717) is 19.3 Å². The van der Waals surface area contributed by atoms with E-state index < -0.39 is 6.10 Å². The molecule has 0 fully saturated rings. The fourth-order valence-corrected chi connectivity index (χ4v) is 6.77. The largest absolute Gasteiger partial charge is 0.462 e. The van der Waals surface area contributed by atoms with E-state index in [2.05, 4.69) is 130 Å². The number of unbranched alkanes of at least 4 members (excludes halogenated alkanes) is 17. The highest BCUT2D eigenvalue weighted by Crippen LogP contribution is 2.12. The summed E-state index contributed by atoms with van der Waals surface area (Å²) in [6.07, 6.45) is 70.8. The van der Waals surface area contributed by atoms with Crippen molar-refractivity contribution in [2.24, 2.45) is 0 Å². The van der Waals surface area contributed by atoms with Crippen molar-refractivity contribution in [1.29, 1.82) is 0 Å². The van der Waals surface area contributed by atoms with Crippen LogP contribution in [0, 0.1) is 0 Å². The summed E-state index contributed by atoms with van der Waals surface area (Å²) in [7, 11) is 0. The number of carbonyl (C=O) groups is 3. The van der Waals surface area contributed by atoms with Crippen LogP contribution in [0.4, 0.5) is 0 Å². The van der Waals surface area contributed by atoms with E-state index in [1.54, 1.807) is 0 Å². The summed E-state index contributed by atoms with van der Waals surface area (Å²) in [6.45, 7) is 6.39. The molecule has 6 heteroatoms. The number of ether oxygens (including phenoxy) is 3. The van der Waals surface area contributed by atoms with Crippen molar-refractivity contribution in [3.8, 4) is 0 Å². The predicted molar refractivity (Wildman–Crippen MR) is 279 cm³/mol. The number of hydrogen-bond acceptors (Lipinski definition) is 6. The van der Waals surface area contributed by atoms with Gasteiger partial charge >= 0.3 is 17.9 Å². The number of esters is 3.